The summed E-state index contributed by atoms with van der Waals surface area (Å²) in [7, 11) is 0. The molecule has 0 saturated heterocycles. The molecule has 4 aromatic rings. The first-order valence-electron chi connectivity index (χ1n) is 13.1. The number of pyridine rings is 2. The Morgan fingerprint density at radius 3 is 2.82 bits per heavy atom. The van der Waals surface area contributed by atoms with Crippen molar-refractivity contribution < 1.29 is 9.26 Å². The van der Waals surface area contributed by atoms with Crippen molar-refractivity contribution in [2.24, 2.45) is 11.8 Å². The van der Waals surface area contributed by atoms with E-state index in [0.717, 1.165) is 48.1 Å². The largest absolute Gasteiger partial charge is 0.465 e. The minimum Gasteiger partial charge on any atom is -0.465 e. The first kappa shape index (κ1) is 23.9. The molecule has 10 nitrogen and oxygen atoms in total. The Morgan fingerprint density at radius 2 is 2.03 bits per heavy atom. The number of halogens is 1. The number of aromatic nitrogens is 6. The van der Waals surface area contributed by atoms with E-state index in [1.165, 1.54) is 12.8 Å². The van der Waals surface area contributed by atoms with Crippen molar-refractivity contribution >= 4 is 28.6 Å². The zero-order valence-corrected chi connectivity index (χ0v) is 22.0. The molecule has 0 aromatic carbocycles. The normalized spacial score (nSPS) is 22.3. The summed E-state index contributed by atoms with van der Waals surface area (Å²) in [5.74, 6) is 2.47. The molecule has 0 amide bonds. The molecule has 1 N–H and O–H groups in total. The molecule has 5 heterocycles. The molecule has 11 heteroatoms. The molecule has 0 radical (unpaired) electrons. The van der Waals surface area contributed by atoms with Crippen molar-refractivity contribution in [1.82, 2.24) is 29.7 Å². The molecule has 4 aromatic heterocycles. The van der Waals surface area contributed by atoms with E-state index < -0.39 is 5.76 Å². The topological polar surface area (TPSA) is 115 Å². The number of ether oxygens (including phenoxy) is 1. The molecule has 3 aliphatic rings. The minimum atomic E-state index is -0.651. The number of nitrogens with one attached hydrogen (secondary N) is 1. The number of allylic oxidation sites excluding steroid dienone is 2. The van der Waals surface area contributed by atoms with Gasteiger partial charge in [-0.1, -0.05) is 48.7 Å². The lowest BCUT2D eigenvalue weighted by Gasteiger charge is -2.32. The molecule has 39 heavy (non-hydrogen) atoms. The molecular formula is C28H26ClN7O3. The second-order valence-electron chi connectivity index (χ2n) is 10.4. The number of nitrogens with zero attached hydrogens (tertiary/aromatic N) is 6. The van der Waals surface area contributed by atoms with Gasteiger partial charge in [-0.3, -0.25) is 14.5 Å². The van der Waals surface area contributed by atoms with Gasteiger partial charge in [-0.15, -0.1) is 0 Å². The first-order valence-corrected chi connectivity index (χ1v) is 13.5. The number of imidazole rings is 1. The van der Waals surface area contributed by atoms with E-state index in [1.807, 2.05) is 30.5 Å². The Bertz CT molecular complexity index is 1710. The quantitative estimate of drug-likeness (QED) is 0.353. The number of H-pyrrole nitrogens is 1. The Kier molecular flexibility index (Phi) is 5.84. The van der Waals surface area contributed by atoms with Crippen molar-refractivity contribution in [3.8, 4) is 22.8 Å². The second kappa shape index (κ2) is 9.53. The number of fused-ring (bicyclic) bond motifs is 2. The van der Waals surface area contributed by atoms with Gasteiger partial charge in [0.2, 0.25) is 11.8 Å². The third-order valence-electron chi connectivity index (χ3n) is 7.74. The number of hydrogen-bond acceptors (Lipinski definition) is 8. The molecule has 1 aliphatic heterocycles. The lowest BCUT2D eigenvalue weighted by Crippen LogP contribution is -2.35. The zero-order chi connectivity index (χ0) is 26.5. The van der Waals surface area contributed by atoms with E-state index in [9.17, 15) is 4.79 Å². The Morgan fingerprint density at radius 1 is 1.15 bits per heavy atom. The van der Waals surface area contributed by atoms with Crippen LogP contribution in [0.3, 0.4) is 0 Å². The molecule has 1 atom stereocenters. The predicted octanol–water partition coefficient (Wildman–Crippen LogP) is 5.45. The van der Waals surface area contributed by atoms with Gasteiger partial charge in [-0.05, 0) is 42.9 Å². The van der Waals surface area contributed by atoms with Crippen LogP contribution in [0.2, 0.25) is 5.02 Å². The summed E-state index contributed by atoms with van der Waals surface area (Å²) >= 11 is 6.37. The van der Waals surface area contributed by atoms with Crippen LogP contribution in [0.1, 0.15) is 32.6 Å². The standard InChI is InChI=1S/C28H26ClN7O3/c1-16-5-7-17(8-6-16)15-36-25-20(32-27(36)35-9-10-38-23-4-2-3-22(23)35)12-21(26-33-28(37)39-34-26)31-24(25)18-11-19(29)14-30-13-18/h2-4,9-14,16-17,22H,5-8,15H2,1H3,(H,33,34,37)/t16?,17?,22-/m1/s1. The van der Waals surface area contributed by atoms with E-state index >= 15 is 0 Å². The van der Waals surface area contributed by atoms with Crippen LogP contribution in [-0.4, -0.2) is 35.7 Å². The van der Waals surface area contributed by atoms with Gasteiger partial charge in [0.1, 0.15) is 23.8 Å². The smallest absolute Gasteiger partial charge is 0.439 e. The van der Waals surface area contributed by atoms with Crippen molar-refractivity contribution in [3.05, 3.63) is 76.5 Å². The van der Waals surface area contributed by atoms with Crippen molar-refractivity contribution in [1.29, 1.82) is 0 Å². The van der Waals surface area contributed by atoms with E-state index in [2.05, 4.69) is 37.6 Å². The molecule has 2 aliphatic carbocycles. The molecule has 198 valence electrons. The average Bonchev–Trinajstić information content (AvgIpc) is 3.68. The van der Waals surface area contributed by atoms with E-state index in [1.54, 1.807) is 18.7 Å². The second-order valence-corrected chi connectivity index (χ2v) is 10.9. The summed E-state index contributed by atoms with van der Waals surface area (Å²) < 4.78 is 12.8. The zero-order valence-electron chi connectivity index (χ0n) is 21.2. The van der Waals surface area contributed by atoms with Crippen LogP contribution in [0.5, 0.6) is 0 Å². The summed E-state index contributed by atoms with van der Waals surface area (Å²) in [6.07, 6.45) is 17.8. The summed E-state index contributed by atoms with van der Waals surface area (Å²) in [6.45, 7) is 3.12. The molecule has 1 saturated carbocycles. The van der Waals surface area contributed by atoms with Crippen LogP contribution in [-0.2, 0) is 11.3 Å². The Balaban J connectivity index is 1.47. The van der Waals surface area contributed by atoms with Gasteiger partial charge in [0, 0.05) is 30.7 Å². The van der Waals surface area contributed by atoms with Crippen LogP contribution in [0.4, 0.5) is 5.95 Å². The van der Waals surface area contributed by atoms with E-state index in [0.29, 0.717) is 27.8 Å². The Hall–Kier alpha value is -4.18. The highest BCUT2D eigenvalue weighted by Crippen LogP contribution is 2.39. The maximum absolute atomic E-state index is 11.7. The molecule has 0 spiro atoms. The van der Waals surface area contributed by atoms with E-state index in [4.69, 9.17) is 30.8 Å². The van der Waals surface area contributed by atoms with Gasteiger partial charge in [0.15, 0.2) is 0 Å². The van der Waals surface area contributed by atoms with Gasteiger partial charge < -0.3 is 14.2 Å². The molecule has 7 rings (SSSR count). The van der Waals surface area contributed by atoms with Gasteiger partial charge in [-0.25, -0.2) is 14.8 Å². The minimum absolute atomic E-state index is 0.0902. The number of hydrogen-bond donors (Lipinski definition) is 1. The summed E-state index contributed by atoms with van der Waals surface area (Å²) in [5.41, 5.74) is 3.41. The van der Waals surface area contributed by atoms with Crippen molar-refractivity contribution in [3.63, 3.8) is 0 Å². The fourth-order valence-electron chi connectivity index (χ4n) is 5.73. The van der Waals surface area contributed by atoms with Crippen LogP contribution >= 0.6 is 11.6 Å². The highest BCUT2D eigenvalue weighted by atomic mass is 35.5. The summed E-state index contributed by atoms with van der Waals surface area (Å²) in [5, 5.41) is 4.37. The fraction of sp³-hybridized carbons (Fsp3) is 0.321. The van der Waals surface area contributed by atoms with Crippen molar-refractivity contribution in [2.45, 2.75) is 45.2 Å². The van der Waals surface area contributed by atoms with Crippen LogP contribution in [0.15, 0.2) is 70.3 Å². The summed E-state index contributed by atoms with van der Waals surface area (Å²) in [4.78, 5) is 30.9. The molecule has 0 unspecified atom stereocenters. The fourth-order valence-corrected chi connectivity index (χ4v) is 5.91. The molecule has 0 bridgehead atoms. The molecule has 1 fully saturated rings. The third kappa shape index (κ3) is 4.34. The van der Waals surface area contributed by atoms with Gasteiger partial charge in [0.05, 0.1) is 21.7 Å². The predicted molar refractivity (Wildman–Crippen MR) is 147 cm³/mol. The average molecular weight is 544 g/mol. The highest BCUT2D eigenvalue weighted by Gasteiger charge is 2.32. The summed E-state index contributed by atoms with van der Waals surface area (Å²) in [6, 6.07) is 3.58. The monoisotopic (exact) mass is 543 g/mol. The molecular weight excluding hydrogens is 518 g/mol. The number of aromatic amines is 1. The van der Waals surface area contributed by atoms with Gasteiger partial charge in [-0.2, -0.15) is 0 Å². The number of anilines is 1. The SMILES string of the molecule is CC1CCC(Cn2c(N3C=COC4=CC=C[C@H]43)nc3cc(-c4noc(=O)[nH]4)nc(-c4cncc(Cl)c4)c32)CC1. The Labute approximate surface area is 228 Å². The number of rotatable bonds is 5. The van der Waals surface area contributed by atoms with Gasteiger partial charge in [0.25, 0.3) is 0 Å². The van der Waals surface area contributed by atoms with Crippen LogP contribution in [0.25, 0.3) is 33.8 Å². The first-order chi connectivity index (χ1) is 19.0. The highest BCUT2D eigenvalue weighted by molar-refractivity contribution is 6.30. The van der Waals surface area contributed by atoms with Crippen LogP contribution in [0, 0.1) is 11.8 Å². The van der Waals surface area contributed by atoms with Crippen LogP contribution < -0.4 is 10.7 Å². The maximum atomic E-state index is 11.7. The van der Waals surface area contributed by atoms with E-state index in [-0.39, 0.29) is 11.9 Å². The lowest BCUT2D eigenvalue weighted by molar-refractivity contribution is 0.266. The van der Waals surface area contributed by atoms with Crippen molar-refractivity contribution in [2.75, 3.05) is 4.90 Å². The third-order valence-corrected chi connectivity index (χ3v) is 7.95. The van der Waals surface area contributed by atoms with Gasteiger partial charge >= 0.3 is 5.76 Å². The maximum Gasteiger partial charge on any atom is 0.439 e. The lowest BCUT2D eigenvalue weighted by atomic mass is 9.83.